The number of aryl methyl sites for hydroxylation is 2. The summed E-state index contributed by atoms with van der Waals surface area (Å²) in [5, 5.41) is 5.11. The van der Waals surface area contributed by atoms with Crippen molar-refractivity contribution < 1.29 is 4.42 Å². The topological polar surface area (TPSA) is 38.1 Å². The van der Waals surface area contributed by atoms with Crippen LogP contribution in [-0.4, -0.2) is 4.98 Å². The third-order valence-corrected chi connectivity index (χ3v) is 3.82. The van der Waals surface area contributed by atoms with Crippen LogP contribution in [0.1, 0.15) is 23.9 Å². The molecule has 4 heteroatoms. The quantitative estimate of drug-likeness (QED) is 0.692. The second-order valence-corrected chi connectivity index (χ2v) is 5.36. The first-order valence-corrected chi connectivity index (χ1v) is 7.43. The van der Waals surface area contributed by atoms with E-state index in [4.69, 9.17) is 16.0 Å². The minimum absolute atomic E-state index is 0.515. The van der Waals surface area contributed by atoms with Gasteiger partial charge in [-0.1, -0.05) is 36.7 Å². The standard InChI is InChI=1S/C17H17ClN2O/c1-3-15-13(12-6-4-5-7-16(12)21-15)10-19-14-8-9-17(18)20-11(14)2/h4-9,19H,3,10H2,1-2H3. The molecule has 0 atom stereocenters. The molecule has 0 bridgehead atoms. The van der Waals surface area contributed by atoms with Crippen molar-refractivity contribution in [3.05, 3.63) is 58.6 Å². The first kappa shape index (κ1) is 14.0. The number of fused-ring (bicyclic) bond motifs is 1. The van der Waals surface area contributed by atoms with E-state index in [1.165, 1.54) is 10.9 Å². The van der Waals surface area contributed by atoms with Gasteiger partial charge in [0.25, 0.3) is 0 Å². The van der Waals surface area contributed by atoms with Crippen LogP contribution in [0.15, 0.2) is 40.8 Å². The van der Waals surface area contributed by atoms with Crippen molar-refractivity contribution >= 4 is 28.3 Å². The summed E-state index contributed by atoms with van der Waals surface area (Å²) in [6.07, 6.45) is 0.879. The van der Waals surface area contributed by atoms with Gasteiger partial charge in [-0.2, -0.15) is 0 Å². The molecule has 2 aromatic heterocycles. The van der Waals surface area contributed by atoms with E-state index in [0.717, 1.165) is 29.1 Å². The zero-order chi connectivity index (χ0) is 14.8. The summed E-state index contributed by atoms with van der Waals surface area (Å²) in [6.45, 7) is 4.77. The molecule has 0 saturated carbocycles. The molecule has 21 heavy (non-hydrogen) atoms. The molecule has 0 aliphatic carbocycles. The number of nitrogens with zero attached hydrogens (tertiary/aromatic N) is 1. The highest BCUT2D eigenvalue weighted by molar-refractivity contribution is 6.29. The van der Waals surface area contributed by atoms with E-state index in [1.807, 2.05) is 31.2 Å². The van der Waals surface area contributed by atoms with Crippen LogP contribution in [-0.2, 0) is 13.0 Å². The van der Waals surface area contributed by atoms with Crippen LogP contribution in [0.25, 0.3) is 11.0 Å². The molecule has 1 N–H and O–H groups in total. The predicted octanol–water partition coefficient (Wildman–Crippen LogP) is 4.96. The minimum atomic E-state index is 0.515. The number of halogens is 1. The first-order valence-electron chi connectivity index (χ1n) is 7.05. The Bertz CT molecular complexity index is 780. The molecule has 3 nitrogen and oxygen atoms in total. The zero-order valence-electron chi connectivity index (χ0n) is 12.1. The normalized spacial score (nSPS) is 11.0. The van der Waals surface area contributed by atoms with Gasteiger partial charge >= 0.3 is 0 Å². The molecule has 2 heterocycles. The molecule has 3 rings (SSSR count). The van der Waals surface area contributed by atoms with E-state index in [9.17, 15) is 0 Å². The van der Waals surface area contributed by atoms with Crippen molar-refractivity contribution in [1.29, 1.82) is 0 Å². The fourth-order valence-electron chi connectivity index (χ4n) is 2.53. The molecular formula is C17H17ClN2O. The molecule has 1 aromatic carbocycles. The Morgan fingerprint density at radius 1 is 1.19 bits per heavy atom. The average Bonchev–Trinajstić information content (AvgIpc) is 2.84. The van der Waals surface area contributed by atoms with Crippen molar-refractivity contribution in [3.8, 4) is 0 Å². The van der Waals surface area contributed by atoms with Crippen LogP contribution < -0.4 is 5.32 Å². The van der Waals surface area contributed by atoms with Gasteiger partial charge in [-0.25, -0.2) is 4.98 Å². The summed E-state index contributed by atoms with van der Waals surface area (Å²) in [4.78, 5) is 4.26. The monoisotopic (exact) mass is 300 g/mol. The summed E-state index contributed by atoms with van der Waals surface area (Å²) in [7, 11) is 0. The van der Waals surface area contributed by atoms with E-state index in [-0.39, 0.29) is 0 Å². The van der Waals surface area contributed by atoms with Gasteiger partial charge < -0.3 is 9.73 Å². The Labute approximate surface area is 128 Å². The van der Waals surface area contributed by atoms with Gasteiger partial charge in [-0.05, 0) is 25.1 Å². The third-order valence-electron chi connectivity index (χ3n) is 3.61. The number of benzene rings is 1. The summed E-state index contributed by atoms with van der Waals surface area (Å²) >= 11 is 5.89. The number of hydrogen-bond acceptors (Lipinski definition) is 3. The van der Waals surface area contributed by atoms with E-state index in [2.05, 4.69) is 23.3 Å². The second kappa shape index (κ2) is 5.78. The number of pyridine rings is 1. The molecule has 3 aromatic rings. The molecule has 0 saturated heterocycles. The molecule has 0 aliphatic rings. The van der Waals surface area contributed by atoms with Crippen molar-refractivity contribution in [2.24, 2.45) is 0 Å². The highest BCUT2D eigenvalue weighted by Crippen LogP contribution is 2.27. The number of nitrogens with one attached hydrogen (secondary N) is 1. The minimum Gasteiger partial charge on any atom is -0.461 e. The van der Waals surface area contributed by atoms with E-state index in [1.54, 1.807) is 6.07 Å². The van der Waals surface area contributed by atoms with Gasteiger partial charge in [0.2, 0.25) is 0 Å². The third kappa shape index (κ3) is 2.74. The maximum atomic E-state index is 5.91. The molecule has 108 valence electrons. The maximum Gasteiger partial charge on any atom is 0.134 e. The summed E-state index contributed by atoms with van der Waals surface area (Å²) in [5.74, 6) is 1.03. The van der Waals surface area contributed by atoms with Crippen LogP contribution in [0.3, 0.4) is 0 Å². The molecular weight excluding hydrogens is 284 g/mol. The SMILES string of the molecule is CCc1oc2ccccc2c1CNc1ccc(Cl)nc1C. The fourth-order valence-corrected chi connectivity index (χ4v) is 2.72. The molecule has 0 amide bonds. The van der Waals surface area contributed by atoms with Crippen LogP contribution >= 0.6 is 11.6 Å². The summed E-state index contributed by atoms with van der Waals surface area (Å²) < 4.78 is 5.91. The van der Waals surface area contributed by atoms with Gasteiger partial charge in [0, 0.05) is 23.9 Å². The van der Waals surface area contributed by atoms with Crippen molar-refractivity contribution in [2.75, 3.05) is 5.32 Å². The van der Waals surface area contributed by atoms with Crippen molar-refractivity contribution in [1.82, 2.24) is 4.98 Å². The first-order chi connectivity index (χ1) is 10.2. The molecule has 0 aliphatic heterocycles. The summed E-state index contributed by atoms with van der Waals surface area (Å²) in [6, 6.07) is 11.9. The molecule has 0 fully saturated rings. The molecule has 0 spiro atoms. The number of aromatic nitrogens is 1. The lowest BCUT2D eigenvalue weighted by Crippen LogP contribution is -2.03. The van der Waals surface area contributed by atoms with Gasteiger partial charge in [-0.15, -0.1) is 0 Å². The van der Waals surface area contributed by atoms with Gasteiger partial charge in [0.1, 0.15) is 16.5 Å². The number of furan rings is 1. The van der Waals surface area contributed by atoms with Crippen LogP contribution in [0.5, 0.6) is 0 Å². The highest BCUT2D eigenvalue weighted by Gasteiger charge is 2.12. The van der Waals surface area contributed by atoms with E-state index in [0.29, 0.717) is 11.7 Å². The van der Waals surface area contributed by atoms with Gasteiger partial charge in [0.15, 0.2) is 0 Å². The number of hydrogen-bond donors (Lipinski definition) is 1. The Morgan fingerprint density at radius 2 is 2.00 bits per heavy atom. The smallest absolute Gasteiger partial charge is 0.134 e. The fraction of sp³-hybridized carbons (Fsp3) is 0.235. The Morgan fingerprint density at radius 3 is 2.76 bits per heavy atom. The van der Waals surface area contributed by atoms with Crippen LogP contribution in [0.2, 0.25) is 5.15 Å². The van der Waals surface area contributed by atoms with Crippen molar-refractivity contribution in [3.63, 3.8) is 0 Å². The van der Waals surface area contributed by atoms with Gasteiger partial charge in [-0.3, -0.25) is 0 Å². The number of anilines is 1. The number of rotatable bonds is 4. The lowest BCUT2D eigenvalue weighted by molar-refractivity contribution is 0.551. The average molecular weight is 301 g/mol. The molecule has 0 radical (unpaired) electrons. The molecule has 0 unspecified atom stereocenters. The second-order valence-electron chi connectivity index (χ2n) is 4.97. The Balaban J connectivity index is 1.91. The maximum absolute atomic E-state index is 5.91. The lowest BCUT2D eigenvalue weighted by atomic mass is 10.1. The highest BCUT2D eigenvalue weighted by atomic mass is 35.5. The summed E-state index contributed by atoms with van der Waals surface area (Å²) in [5.41, 5.74) is 4.04. The van der Waals surface area contributed by atoms with Crippen LogP contribution in [0.4, 0.5) is 5.69 Å². The van der Waals surface area contributed by atoms with Gasteiger partial charge in [0.05, 0.1) is 11.4 Å². The van der Waals surface area contributed by atoms with Crippen LogP contribution in [0, 0.1) is 6.92 Å². The zero-order valence-corrected chi connectivity index (χ0v) is 12.9. The predicted molar refractivity (Wildman–Crippen MR) is 86.9 cm³/mol. The largest absolute Gasteiger partial charge is 0.461 e. The van der Waals surface area contributed by atoms with E-state index < -0.39 is 0 Å². The number of para-hydroxylation sites is 1. The Kier molecular flexibility index (Phi) is 3.84. The lowest BCUT2D eigenvalue weighted by Gasteiger charge is -2.09. The van der Waals surface area contributed by atoms with Crippen molar-refractivity contribution in [2.45, 2.75) is 26.8 Å². The Hall–Kier alpha value is -2.00. The van der Waals surface area contributed by atoms with E-state index >= 15 is 0 Å².